The summed E-state index contributed by atoms with van der Waals surface area (Å²) in [6.07, 6.45) is 1.57. The van der Waals surface area contributed by atoms with Crippen LogP contribution >= 0.6 is 23.4 Å². The molecule has 0 bridgehead atoms. The predicted octanol–water partition coefficient (Wildman–Crippen LogP) is 4.10. The van der Waals surface area contributed by atoms with E-state index < -0.39 is 9.84 Å². The smallest absolute Gasteiger partial charge is 0.221 e. The molecule has 4 nitrogen and oxygen atoms in total. The summed E-state index contributed by atoms with van der Waals surface area (Å²) in [6, 6.07) is 13.9. The molecule has 0 saturated carbocycles. The van der Waals surface area contributed by atoms with E-state index in [1.54, 1.807) is 36.0 Å². The number of carbonyl (C=O) groups is 1. The first-order valence-corrected chi connectivity index (χ1v) is 11.0. The molecule has 2 aromatic carbocycles. The maximum atomic E-state index is 12.1. The van der Waals surface area contributed by atoms with Gasteiger partial charge in [-0.2, -0.15) is 0 Å². The second kappa shape index (κ2) is 8.74. The lowest BCUT2D eigenvalue weighted by Gasteiger charge is -2.14. The van der Waals surface area contributed by atoms with Gasteiger partial charge in [0.2, 0.25) is 5.91 Å². The van der Waals surface area contributed by atoms with Crippen molar-refractivity contribution in [2.45, 2.75) is 29.2 Å². The maximum Gasteiger partial charge on any atom is 0.221 e. The van der Waals surface area contributed by atoms with E-state index in [1.165, 1.54) is 6.26 Å². The summed E-state index contributed by atoms with van der Waals surface area (Å²) in [5.74, 6) is 0.633. The van der Waals surface area contributed by atoms with Crippen LogP contribution in [0.3, 0.4) is 0 Å². The van der Waals surface area contributed by atoms with Crippen LogP contribution in [0.15, 0.2) is 58.3 Å². The van der Waals surface area contributed by atoms with Gasteiger partial charge in [-0.25, -0.2) is 8.42 Å². The predicted molar refractivity (Wildman–Crippen MR) is 103 cm³/mol. The topological polar surface area (TPSA) is 63.2 Å². The van der Waals surface area contributed by atoms with E-state index in [2.05, 4.69) is 5.32 Å². The van der Waals surface area contributed by atoms with Gasteiger partial charge < -0.3 is 5.32 Å². The first-order valence-electron chi connectivity index (χ1n) is 7.73. The molecule has 0 aliphatic carbocycles. The minimum absolute atomic E-state index is 0.0406. The highest BCUT2D eigenvalue weighted by Crippen LogP contribution is 2.21. The van der Waals surface area contributed by atoms with Gasteiger partial charge in [-0.3, -0.25) is 4.79 Å². The van der Waals surface area contributed by atoms with E-state index in [0.29, 0.717) is 17.2 Å². The van der Waals surface area contributed by atoms with Gasteiger partial charge in [-0.15, -0.1) is 11.8 Å². The van der Waals surface area contributed by atoms with Gasteiger partial charge in [-0.1, -0.05) is 23.7 Å². The number of hydrogen-bond donors (Lipinski definition) is 1. The average Bonchev–Trinajstić information content (AvgIpc) is 2.56. The molecule has 0 radical (unpaired) electrons. The highest BCUT2D eigenvalue weighted by Gasteiger charge is 2.12. The summed E-state index contributed by atoms with van der Waals surface area (Å²) >= 11 is 7.44. The van der Waals surface area contributed by atoms with Crippen LogP contribution in [0.25, 0.3) is 0 Å². The Bertz CT molecular complexity index is 818. The molecule has 0 aliphatic heterocycles. The molecule has 1 amide bonds. The Balaban J connectivity index is 1.82. The van der Waals surface area contributed by atoms with Crippen LogP contribution in [0.4, 0.5) is 0 Å². The summed E-state index contributed by atoms with van der Waals surface area (Å²) in [6.45, 7) is 1.87. The molecule has 7 heteroatoms. The molecule has 0 aromatic heterocycles. The van der Waals surface area contributed by atoms with Crippen molar-refractivity contribution in [2.75, 3.05) is 12.0 Å². The molecule has 0 aliphatic rings. The molecule has 0 spiro atoms. The van der Waals surface area contributed by atoms with Crippen molar-refractivity contribution >= 4 is 39.1 Å². The number of halogens is 1. The van der Waals surface area contributed by atoms with Crippen molar-refractivity contribution in [1.29, 1.82) is 0 Å². The Morgan fingerprint density at radius 2 is 1.72 bits per heavy atom. The van der Waals surface area contributed by atoms with Crippen LogP contribution in [0, 0.1) is 0 Å². The zero-order chi connectivity index (χ0) is 18.4. The highest BCUT2D eigenvalue weighted by atomic mass is 35.5. The van der Waals surface area contributed by atoms with Gasteiger partial charge in [0.05, 0.1) is 10.9 Å². The van der Waals surface area contributed by atoms with Gasteiger partial charge in [0.15, 0.2) is 9.84 Å². The van der Waals surface area contributed by atoms with E-state index in [-0.39, 0.29) is 16.8 Å². The van der Waals surface area contributed by atoms with Crippen molar-refractivity contribution in [3.63, 3.8) is 0 Å². The second-order valence-electron chi connectivity index (χ2n) is 5.68. The number of sulfone groups is 1. The van der Waals surface area contributed by atoms with Gasteiger partial charge >= 0.3 is 0 Å². The van der Waals surface area contributed by atoms with Crippen molar-refractivity contribution < 1.29 is 13.2 Å². The van der Waals surface area contributed by atoms with E-state index in [1.807, 2.05) is 31.2 Å². The minimum atomic E-state index is -3.21. The average molecular weight is 398 g/mol. The van der Waals surface area contributed by atoms with E-state index in [0.717, 1.165) is 10.5 Å². The van der Waals surface area contributed by atoms with E-state index in [9.17, 15) is 13.2 Å². The quantitative estimate of drug-likeness (QED) is 0.714. The van der Waals surface area contributed by atoms with Gasteiger partial charge in [0.25, 0.3) is 0 Å². The van der Waals surface area contributed by atoms with Crippen molar-refractivity contribution in [1.82, 2.24) is 5.32 Å². The van der Waals surface area contributed by atoms with Gasteiger partial charge in [-0.05, 0) is 48.9 Å². The van der Waals surface area contributed by atoms with E-state index in [4.69, 9.17) is 11.6 Å². The third-order valence-corrected chi connectivity index (χ3v) is 5.99. The van der Waals surface area contributed by atoms with Gasteiger partial charge in [0, 0.05) is 28.3 Å². The Morgan fingerprint density at radius 3 is 2.28 bits per heavy atom. The fourth-order valence-electron chi connectivity index (χ4n) is 2.19. The summed E-state index contributed by atoms with van der Waals surface area (Å²) in [4.78, 5) is 13.4. The van der Waals surface area contributed by atoms with Gasteiger partial charge in [0.1, 0.15) is 0 Å². The number of nitrogens with one attached hydrogen (secondary N) is 1. The Morgan fingerprint density at radius 1 is 1.12 bits per heavy atom. The Hall–Kier alpha value is -1.50. The van der Waals surface area contributed by atoms with Crippen molar-refractivity contribution in [3.05, 3.63) is 59.1 Å². The number of rotatable bonds is 7. The molecule has 1 atom stereocenters. The molecule has 134 valence electrons. The molecule has 1 N–H and O–H groups in total. The molecule has 0 fully saturated rings. The zero-order valence-electron chi connectivity index (χ0n) is 14.0. The van der Waals surface area contributed by atoms with Crippen LogP contribution in [0.2, 0.25) is 5.02 Å². The van der Waals surface area contributed by atoms with E-state index >= 15 is 0 Å². The zero-order valence-corrected chi connectivity index (χ0v) is 16.4. The van der Waals surface area contributed by atoms with Crippen LogP contribution < -0.4 is 5.32 Å². The van der Waals surface area contributed by atoms with Crippen molar-refractivity contribution in [2.24, 2.45) is 0 Å². The normalized spacial score (nSPS) is 12.6. The third kappa shape index (κ3) is 6.38. The summed E-state index contributed by atoms with van der Waals surface area (Å²) in [5.41, 5.74) is 0.867. The molecular formula is C18H20ClNO3S2. The second-order valence-corrected chi connectivity index (χ2v) is 9.30. The largest absolute Gasteiger partial charge is 0.350 e. The Labute approximate surface area is 157 Å². The number of amides is 1. The summed E-state index contributed by atoms with van der Waals surface area (Å²) < 4.78 is 22.9. The molecule has 25 heavy (non-hydrogen) atoms. The number of benzene rings is 2. The molecular weight excluding hydrogens is 378 g/mol. The van der Waals surface area contributed by atoms with Crippen molar-refractivity contribution in [3.8, 4) is 0 Å². The number of hydrogen-bond acceptors (Lipinski definition) is 4. The summed E-state index contributed by atoms with van der Waals surface area (Å²) in [5, 5.41) is 3.62. The first kappa shape index (κ1) is 19.8. The minimum Gasteiger partial charge on any atom is -0.350 e. The number of thioether (sulfide) groups is 1. The fraction of sp³-hybridized carbons (Fsp3) is 0.278. The SMILES string of the molecule is C[C@H](NC(=O)CCSc1ccc(Cl)cc1)c1ccc(S(C)(=O)=O)cc1. The first-order chi connectivity index (χ1) is 11.8. The molecule has 2 aromatic rings. The fourth-order valence-corrected chi connectivity index (χ4v) is 3.80. The molecule has 2 rings (SSSR count). The van der Waals surface area contributed by atoms with Crippen LogP contribution in [0.1, 0.15) is 24.9 Å². The maximum absolute atomic E-state index is 12.1. The van der Waals surface area contributed by atoms with Crippen LogP contribution in [0.5, 0.6) is 0 Å². The summed E-state index contributed by atoms with van der Waals surface area (Å²) in [7, 11) is -3.21. The highest BCUT2D eigenvalue weighted by molar-refractivity contribution is 7.99. The van der Waals surface area contributed by atoms with Crippen LogP contribution in [-0.2, 0) is 14.6 Å². The lowest BCUT2D eigenvalue weighted by Crippen LogP contribution is -2.26. The molecule has 0 saturated heterocycles. The Kier molecular flexibility index (Phi) is 6.93. The molecule has 0 heterocycles. The lowest BCUT2D eigenvalue weighted by atomic mass is 10.1. The third-order valence-electron chi connectivity index (χ3n) is 3.60. The monoisotopic (exact) mass is 397 g/mol. The number of carbonyl (C=O) groups excluding carboxylic acids is 1. The lowest BCUT2D eigenvalue weighted by molar-refractivity contribution is -0.121. The standard InChI is InChI=1S/C18H20ClNO3S2/c1-13(14-3-9-17(10-4-14)25(2,22)23)20-18(21)11-12-24-16-7-5-15(19)6-8-16/h3-10,13H,11-12H2,1-2H3,(H,20,21)/t13-/m0/s1. The van der Waals surface area contributed by atoms with Crippen LogP contribution in [-0.4, -0.2) is 26.3 Å². The molecule has 0 unspecified atom stereocenters.